The zero-order valence-corrected chi connectivity index (χ0v) is 15.8. The van der Waals surface area contributed by atoms with Crippen LogP contribution in [0.15, 0.2) is 6.07 Å². The first-order valence-electron chi connectivity index (χ1n) is 10.1. The van der Waals surface area contributed by atoms with Crippen LogP contribution < -0.4 is 15.5 Å². The standard InChI is InChI=1S/C19H29N5O3/c25-18(16-3-1-2-10-27-16)20-7-6-15-13-17(24-8-11-26-12-9-24)23-19(22-15)21-14-4-5-14/h13-14,16H,1-12H2,(H,20,25)(H,21,22,23)/t16-/m0/s1. The van der Waals surface area contributed by atoms with Gasteiger partial charge in [0.15, 0.2) is 0 Å². The molecule has 1 aromatic heterocycles. The smallest absolute Gasteiger partial charge is 0.249 e. The monoisotopic (exact) mass is 375 g/mol. The first-order chi connectivity index (χ1) is 13.3. The molecule has 0 radical (unpaired) electrons. The maximum absolute atomic E-state index is 12.2. The van der Waals surface area contributed by atoms with Crippen LogP contribution in [0, 0.1) is 0 Å². The molecule has 1 atom stereocenters. The molecule has 27 heavy (non-hydrogen) atoms. The molecule has 148 valence electrons. The summed E-state index contributed by atoms with van der Waals surface area (Å²) in [6.45, 7) is 4.37. The van der Waals surface area contributed by atoms with Gasteiger partial charge >= 0.3 is 0 Å². The van der Waals surface area contributed by atoms with Crippen LogP contribution in [0.5, 0.6) is 0 Å². The largest absolute Gasteiger partial charge is 0.378 e. The molecule has 1 aromatic rings. The fraction of sp³-hybridized carbons (Fsp3) is 0.737. The summed E-state index contributed by atoms with van der Waals surface area (Å²) < 4.78 is 11.0. The van der Waals surface area contributed by atoms with Crippen molar-refractivity contribution in [3.63, 3.8) is 0 Å². The van der Waals surface area contributed by atoms with E-state index in [1.165, 1.54) is 12.8 Å². The summed E-state index contributed by atoms with van der Waals surface area (Å²) in [4.78, 5) is 23.8. The summed E-state index contributed by atoms with van der Waals surface area (Å²) in [6.07, 6.45) is 5.67. The number of ether oxygens (including phenoxy) is 2. The fourth-order valence-electron chi connectivity index (χ4n) is 3.42. The van der Waals surface area contributed by atoms with Gasteiger partial charge in [0.05, 0.1) is 13.2 Å². The lowest BCUT2D eigenvalue weighted by atomic mass is 10.1. The molecule has 4 rings (SSSR count). The molecule has 0 bridgehead atoms. The zero-order chi connectivity index (χ0) is 18.5. The Kier molecular flexibility index (Phi) is 6.03. The van der Waals surface area contributed by atoms with Crippen LogP contribution in [0.4, 0.5) is 11.8 Å². The molecule has 3 fully saturated rings. The van der Waals surface area contributed by atoms with Crippen LogP contribution in [0.25, 0.3) is 0 Å². The number of nitrogens with zero attached hydrogens (tertiary/aromatic N) is 3. The van der Waals surface area contributed by atoms with E-state index in [4.69, 9.17) is 14.5 Å². The number of aromatic nitrogens is 2. The summed E-state index contributed by atoms with van der Waals surface area (Å²) in [5.74, 6) is 1.63. The van der Waals surface area contributed by atoms with Gasteiger partial charge in [0.1, 0.15) is 11.9 Å². The summed E-state index contributed by atoms with van der Waals surface area (Å²) in [5.41, 5.74) is 0.944. The number of nitrogens with one attached hydrogen (secondary N) is 2. The Hall–Kier alpha value is -1.93. The van der Waals surface area contributed by atoms with Gasteiger partial charge in [0.2, 0.25) is 11.9 Å². The van der Waals surface area contributed by atoms with Gasteiger partial charge in [-0.05, 0) is 32.1 Å². The van der Waals surface area contributed by atoms with Gasteiger partial charge in [-0.1, -0.05) is 0 Å². The minimum Gasteiger partial charge on any atom is -0.378 e. The van der Waals surface area contributed by atoms with Crippen LogP contribution in [0.2, 0.25) is 0 Å². The predicted octanol–water partition coefficient (Wildman–Crippen LogP) is 1.12. The second-order valence-electron chi connectivity index (χ2n) is 7.46. The van der Waals surface area contributed by atoms with Crippen LogP contribution in [0.3, 0.4) is 0 Å². The van der Waals surface area contributed by atoms with Crippen molar-refractivity contribution in [1.29, 1.82) is 0 Å². The molecule has 3 heterocycles. The van der Waals surface area contributed by atoms with E-state index >= 15 is 0 Å². The highest BCUT2D eigenvalue weighted by Gasteiger charge is 2.24. The Morgan fingerprint density at radius 1 is 1.15 bits per heavy atom. The van der Waals surface area contributed by atoms with E-state index in [2.05, 4.69) is 20.5 Å². The number of hydrogen-bond donors (Lipinski definition) is 2. The lowest BCUT2D eigenvalue weighted by Gasteiger charge is -2.28. The molecule has 2 saturated heterocycles. The summed E-state index contributed by atoms with van der Waals surface area (Å²) in [5, 5.41) is 6.39. The van der Waals surface area contributed by atoms with Crippen LogP contribution in [-0.2, 0) is 20.7 Å². The van der Waals surface area contributed by atoms with E-state index in [-0.39, 0.29) is 12.0 Å². The maximum atomic E-state index is 12.2. The average Bonchev–Trinajstić information content (AvgIpc) is 3.53. The highest BCUT2D eigenvalue weighted by molar-refractivity contribution is 5.80. The minimum absolute atomic E-state index is 0.00603. The van der Waals surface area contributed by atoms with Crippen LogP contribution >= 0.6 is 0 Å². The van der Waals surface area contributed by atoms with Crippen LogP contribution in [0.1, 0.15) is 37.8 Å². The Morgan fingerprint density at radius 3 is 2.74 bits per heavy atom. The molecule has 1 amide bonds. The Bertz CT molecular complexity index is 640. The SMILES string of the molecule is O=C(NCCc1cc(N2CCOCC2)nc(NC2CC2)n1)[C@@H]1CCCCO1. The molecule has 0 unspecified atom stereocenters. The number of amides is 1. The Morgan fingerprint density at radius 2 is 2.00 bits per heavy atom. The minimum atomic E-state index is -0.292. The molecule has 0 spiro atoms. The zero-order valence-electron chi connectivity index (χ0n) is 15.8. The summed E-state index contributed by atoms with van der Waals surface area (Å²) >= 11 is 0. The van der Waals surface area contributed by atoms with Crippen molar-refractivity contribution in [3.05, 3.63) is 11.8 Å². The van der Waals surface area contributed by atoms with Gasteiger partial charge in [-0.3, -0.25) is 4.79 Å². The number of rotatable bonds is 7. The van der Waals surface area contributed by atoms with Gasteiger partial charge in [-0.25, -0.2) is 4.98 Å². The van der Waals surface area contributed by atoms with E-state index in [1.54, 1.807) is 0 Å². The molecule has 1 aliphatic carbocycles. The molecule has 0 aromatic carbocycles. The van der Waals surface area contributed by atoms with Gasteiger partial charge < -0.3 is 25.0 Å². The van der Waals surface area contributed by atoms with E-state index in [0.717, 1.165) is 57.1 Å². The number of hydrogen-bond acceptors (Lipinski definition) is 7. The Balaban J connectivity index is 1.37. The quantitative estimate of drug-likeness (QED) is 0.738. The number of carbonyl (C=O) groups excluding carboxylic acids is 1. The molecule has 8 heteroatoms. The lowest BCUT2D eigenvalue weighted by Crippen LogP contribution is -2.39. The third kappa shape index (κ3) is 5.29. The van der Waals surface area contributed by atoms with Crippen molar-refractivity contribution in [2.45, 2.75) is 50.7 Å². The van der Waals surface area contributed by atoms with Crippen molar-refractivity contribution in [2.24, 2.45) is 0 Å². The fourth-order valence-corrected chi connectivity index (χ4v) is 3.42. The van der Waals surface area contributed by atoms with Gasteiger partial charge in [0, 0.05) is 50.5 Å². The van der Waals surface area contributed by atoms with Gasteiger partial charge in [-0.15, -0.1) is 0 Å². The average molecular weight is 375 g/mol. The van der Waals surface area contributed by atoms with Gasteiger partial charge in [0.25, 0.3) is 0 Å². The molecule has 2 aliphatic heterocycles. The molecule has 8 nitrogen and oxygen atoms in total. The highest BCUT2D eigenvalue weighted by atomic mass is 16.5. The van der Waals surface area contributed by atoms with Crippen molar-refractivity contribution in [2.75, 3.05) is 49.7 Å². The number of anilines is 2. The number of morpholine rings is 1. The first-order valence-corrected chi connectivity index (χ1v) is 10.1. The van der Waals surface area contributed by atoms with E-state index < -0.39 is 0 Å². The summed E-state index contributed by atoms with van der Waals surface area (Å²) in [6, 6.07) is 2.54. The topological polar surface area (TPSA) is 88.6 Å². The van der Waals surface area contributed by atoms with Crippen molar-refractivity contribution < 1.29 is 14.3 Å². The molecule has 3 aliphatic rings. The Labute approximate surface area is 160 Å². The summed E-state index contributed by atoms with van der Waals surface area (Å²) in [7, 11) is 0. The maximum Gasteiger partial charge on any atom is 0.249 e. The lowest BCUT2D eigenvalue weighted by molar-refractivity contribution is -0.135. The van der Waals surface area contributed by atoms with Crippen molar-refractivity contribution >= 4 is 17.7 Å². The second-order valence-corrected chi connectivity index (χ2v) is 7.46. The predicted molar refractivity (Wildman–Crippen MR) is 102 cm³/mol. The third-order valence-electron chi connectivity index (χ3n) is 5.16. The first kappa shape index (κ1) is 18.4. The van der Waals surface area contributed by atoms with Crippen molar-refractivity contribution in [1.82, 2.24) is 15.3 Å². The van der Waals surface area contributed by atoms with E-state index in [1.807, 2.05) is 6.07 Å². The van der Waals surface area contributed by atoms with E-state index in [9.17, 15) is 4.79 Å². The number of carbonyl (C=O) groups is 1. The van der Waals surface area contributed by atoms with Crippen molar-refractivity contribution in [3.8, 4) is 0 Å². The molecular weight excluding hydrogens is 346 g/mol. The van der Waals surface area contributed by atoms with Gasteiger partial charge in [-0.2, -0.15) is 4.98 Å². The van der Waals surface area contributed by atoms with E-state index in [0.29, 0.717) is 31.6 Å². The highest BCUT2D eigenvalue weighted by Crippen LogP contribution is 2.25. The third-order valence-corrected chi connectivity index (χ3v) is 5.16. The molecular formula is C19H29N5O3. The molecule has 1 saturated carbocycles. The second kappa shape index (κ2) is 8.84. The van der Waals surface area contributed by atoms with Crippen LogP contribution in [-0.4, -0.2) is 67.5 Å². The normalized spacial score (nSPS) is 23.1. The molecule has 2 N–H and O–H groups in total.